The van der Waals surface area contributed by atoms with Gasteiger partial charge >= 0.3 is 5.97 Å². The molecule has 0 saturated carbocycles. The van der Waals surface area contributed by atoms with Crippen molar-refractivity contribution in [3.8, 4) is 0 Å². The molecule has 11 nitrogen and oxygen atoms in total. The molecule has 2 rings (SSSR count). The van der Waals surface area contributed by atoms with Crippen LogP contribution in [0.25, 0.3) is 0 Å². The van der Waals surface area contributed by atoms with Gasteiger partial charge in [0.05, 0.1) is 12.3 Å². The number of amides is 2. The smallest absolute Gasteiger partial charge is 0.354 e. The van der Waals surface area contributed by atoms with Crippen molar-refractivity contribution in [2.45, 2.75) is 26.4 Å². The molecule has 0 radical (unpaired) electrons. The van der Waals surface area contributed by atoms with Gasteiger partial charge < -0.3 is 20.5 Å². The van der Waals surface area contributed by atoms with E-state index < -0.39 is 23.8 Å². The van der Waals surface area contributed by atoms with Crippen molar-refractivity contribution in [2.24, 2.45) is 0 Å². The largest absolute Gasteiger partial charge is 0.477 e. The number of rotatable bonds is 9. The minimum absolute atomic E-state index is 0.0624. The zero-order valence-electron chi connectivity index (χ0n) is 15.3. The lowest BCUT2D eigenvalue weighted by Crippen LogP contribution is -2.30. The van der Waals surface area contributed by atoms with Gasteiger partial charge in [-0.1, -0.05) is 0 Å². The minimum atomic E-state index is -1.19. The molecule has 0 aliphatic carbocycles. The van der Waals surface area contributed by atoms with E-state index in [1.165, 1.54) is 37.2 Å². The molecule has 0 bridgehead atoms. The molecular formula is C16H22N6O5. The van der Waals surface area contributed by atoms with Gasteiger partial charge in [0.15, 0.2) is 5.69 Å². The number of methoxy groups -OCH3 is 1. The number of nitrogens with one attached hydrogen (secondary N) is 2. The Labute approximate surface area is 155 Å². The highest BCUT2D eigenvalue weighted by Crippen LogP contribution is 2.17. The van der Waals surface area contributed by atoms with Gasteiger partial charge in [-0.3, -0.25) is 14.3 Å². The molecule has 1 unspecified atom stereocenters. The van der Waals surface area contributed by atoms with E-state index in [2.05, 4.69) is 20.8 Å². The molecule has 146 valence electrons. The van der Waals surface area contributed by atoms with Crippen molar-refractivity contribution in [2.75, 3.05) is 25.6 Å². The molecule has 2 aromatic heterocycles. The number of aryl methyl sites for hydroxylation is 1. The van der Waals surface area contributed by atoms with E-state index in [1.807, 2.05) is 6.92 Å². The van der Waals surface area contributed by atoms with E-state index in [1.54, 1.807) is 0 Å². The third kappa shape index (κ3) is 4.70. The third-order valence-corrected chi connectivity index (χ3v) is 3.79. The van der Waals surface area contributed by atoms with Crippen LogP contribution in [0.4, 0.5) is 5.69 Å². The molecule has 27 heavy (non-hydrogen) atoms. The number of hydrogen-bond donors (Lipinski definition) is 3. The molecule has 1 atom stereocenters. The van der Waals surface area contributed by atoms with Crippen LogP contribution in [0.15, 0.2) is 18.5 Å². The topological polar surface area (TPSA) is 140 Å². The number of aromatic carboxylic acids is 1. The van der Waals surface area contributed by atoms with E-state index in [0.717, 1.165) is 4.68 Å². The maximum absolute atomic E-state index is 12.6. The normalized spacial score (nSPS) is 11.8. The fourth-order valence-electron chi connectivity index (χ4n) is 2.33. The lowest BCUT2D eigenvalue weighted by Gasteiger charge is -2.14. The maximum Gasteiger partial charge on any atom is 0.354 e. The molecule has 0 fully saturated rings. The summed E-state index contributed by atoms with van der Waals surface area (Å²) in [7, 11) is 1.52. The van der Waals surface area contributed by atoms with Gasteiger partial charge in [-0.05, 0) is 19.9 Å². The van der Waals surface area contributed by atoms with E-state index in [9.17, 15) is 14.4 Å². The predicted molar refractivity (Wildman–Crippen MR) is 94.6 cm³/mol. The van der Waals surface area contributed by atoms with Crippen LogP contribution < -0.4 is 10.6 Å². The van der Waals surface area contributed by atoms with Gasteiger partial charge in [0.25, 0.3) is 5.91 Å². The van der Waals surface area contributed by atoms with Gasteiger partial charge in [-0.15, -0.1) is 0 Å². The average molecular weight is 378 g/mol. The fraction of sp³-hybridized carbons (Fsp3) is 0.438. The Bertz CT molecular complexity index is 827. The number of carboxylic acid groups (broad SMARTS) is 1. The van der Waals surface area contributed by atoms with E-state index in [0.29, 0.717) is 19.7 Å². The number of ether oxygens (including phenoxy) is 1. The van der Waals surface area contributed by atoms with E-state index in [-0.39, 0.29) is 17.1 Å². The van der Waals surface area contributed by atoms with Gasteiger partial charge in [-0.25, -0.2) is 9.48 Å². The molecule has 11 heteroatoms. The Morgan fingerprint density at radius 3 is 2.74 bits per heavy atom. The van der Waals surface area contributed by atoms with E-state index in [4.69, 9.17) is 9.84 Å². The van der Waals surface area contributed by atoms with Crippen LogP contribution in [0, 0.1) is 0 Å². The Balaban J connectivity index is 2.19. The maximum atomic E-state index is 12.6. The van der Waals surface area contributed by atoms with Crippen molar-refractivity contribution < 1.29 is 24.2 Å². The molecule has 2 heterocycles. The highest BCUT2D eigenvalue weighted by Gasteiger charge is 2.24. The van der Waals surface area contributed by atoms with Gasteiger partial charge in [-0.2, -0.15) is 10.2 Å². The summed E-state index contributed by atoms with van der Waals surface area (Å²) in [6.45, 7) is 4.50. The third-order valence-electron chi connectivity index (χ3n) is 3.79. The lowest BCUT2D eigenvalue weighted by atomic mass is 10.2. The number of nitrogens with zero attached hydrogens (tertiary/aromatic N) is 4. The Kier molecular flexibility index (Phi) is 6.66. The number of aromatic nitrogens is 4. The van der Waals surface area contributed by atoms with Crippen LogP contribution in [0.2, 0.25) is 0 Å². The summed E-state index contributed by atoms with van der Waals surface area (Å²) in [5.74, 6) is -2.17. The monoisotopic (exact) mass is 378 g/mol. The number of carboxylic acids is 1. The highest BCUT2D eigenvalue weighted by atomic mass is 16.5. The number of carbonyl (C=O) groups excluding carboxylic acids is 2. The summed E-state index contributed by atoms with van der Waals surface area (Å²) < 4.78 is 7.50. The summed E-state index contributed by atoms with van der Waals surface area (Å²) in [6, 6.07) is 0.399. The van der Waals surface area contributed by atoms with E-state index >= 15 is 0 Å². The number of anilines is 1. The molecule has 0 aliphatic heterocycles. The second-order valence-corrected chi connectivity index (χ2v) is 5.63. The van der Waals surface area contributed by atoms with Crippen molar-refractivity contribution in [1.29, 1.82) is 0 Å². The predicted octanol–water partition coefficient (Wildman–Crippen LogP) is 0.374. The molecule has 2 aromatic rings. The first-order valence-electron chi connectivity index (χ1n) is 8.31. The van der Waals surface area contributed by atoms with Crippen LogP contribution in [0.1, 0.15) is 40.9 Å². The minimum Gasteiger partial charge on any atom is -0.477 e. The highest BCUT2D eigenvalue weighted by molar-refractivity contribution is 6.03. The molecule has 0 saturated heterocycles. The first kappa shape index (κ1) is 20.1. The molecular weight excluding hydrogens is 356 g/mol. The van der Waals surface area contributed by atoms with Crippen LogP contribution in [-0.2, 0) is 16.1 Å². The van der Waals surface area contributed by atoms with Gasteiger partial charge in [0, 0.05) is 32.6 Å². The van der Waals surface area contributed by atoms with Gasteiger partial charge in [0.1, 0.15) is 11.7 Å². The Hall–Kier alpha value is -3.21. The Morgan fingerprint density at radius 2 is 2.11 bits per heavy atom. The second kappa shape index (κ2) is 8.94. The molecule has 0 aromatic carbocycles. The average Bonchev–Trinajstić information content (AvgIpc) is 3.28. The lowest BCUT2D eigenvalue weighted by molar-refractivity contribution is -0.119. The van der Waals surface area contributed by atoms with Crippen LogP contribution >= 0.6 is 0 Å². The summed E-state index contributed by atoms with van der Waals surface area (Å²) in [5, 5.41) is 22.5. The summed E-state index contributed by atoms with van der Waals surface area (Å²) in [5.41, 5.74) is 0.180. The van der Waals surface area contributed by atoms with Crippen molar-refractivity contribution in [1.82, 2.24) is 24.9 Å². The number of carbonyl (C=O) groups is 3. The van der Waals surface area contributed by atoms with Crippen LogP contribution in [0.3, 0.4) is 0 Å². The molecule has 2 amide bonds. The summed E-state index contributed by atoms with van der Waals surface area (Å²) in [6.07, 6.45) is 2.84. The SMILES string of the molecule is CCn1cc(NC(=O)C(C)n2nccc2C(=O)O)c(C(=O)NCCOC)n1. The zero-order chi connectivity index (χ0) is 20.0. The first-order chi connectivity index (χ1) is 12.9. The molecule has 0 aliphatic rings. The van der Waals surface area contributed by atoms with Crippen molar-refractivity contribution >= 4 is 23.5 Å². The molecule has 0 spiro atoms. The standard InChI is InChI=1S/C16H22N6O5/c1-4-21-9-11(13(20-21)15(24)17-7-8-27-3)19-14(23)10(2)22-12(16(25)26)5-6-18-22/h5-6,9-10H,4,7-8H2,1-3H3,(H,17,24)(H,19,23)(H,25,26). The first-order valence-corrected chi connectivity index (χ1v) is 8.31. The summed E-state index contributed by atoms with van der Waals surface area (Å²) >= 11 is 0. The fourth-order valence-corrected chi connectivity index (χ4v) is 2.33. The van der Waals surface area contributed by atoms with Crippen molar-refractivity contribution in [3.63, 3.8) is 0 Å². The summed E-state index contributed by atoms with van der Waals surface area (Å²) in [4.78, 5) is 36.1. The Morgan fingerprint density at radius 1 is 1.37 bits per heavy atom. The molecule has 3 N–H and O–H groups in total. The van der Waals surface area contributed by atoms with Crippen LogP contribution in [-0.4, -0.2) is 62.7 Å². The van der Waals surface area contributed by atoms with Crippen molar-refractivity contribution in [3.05, 3.63) is 29.8 Å². The quantitative estimate of drug-likeness (QED) is 0.536. The second-order valence-electron chi connectivity index (χ2n) is 5.63. The van der Waals surface area contributed by atoms with Gasteiger partial charge in [0.2, 0.25) is 5.91 Å². The van der Waals surface area contributed by atoms with Crippen LogP contribution in [0.5, 0.6) is 0 Å². The number of hydrogen-bond acceptors (Lipinski definition) is 6. The zero-order valence-corrected chi connectivity index (χ0v) is 15.3.